The first-order chi connectivity index (χ1) is 8.52. The number of hydrogen-bond donors (Lipinski definition) is 0. The number of hydrogen-bond acceptors (Lipinski definition) is 3. The number of aryl methyl sites for hydroxylation is 2. The first-order valence-corrected chi connectivity index (χ1v) is 7.23. The lowest BCUT2D eigenvalue weighted by Gasteiger charge is -2.17. The molecule has 0 bridgehead atoms. The van der Waals surface area contributed by atoms with Gasteiger partial charge in [0.2, 0.25) is 0 Å². The molecule has 3 nitrogen and oxygen atoms in total. The van der Waals surface area contributed by atoms with E-state index in [1.54, 1.807) is 11.3 Å². The number of thiazole rings is 1. The minimum absolute atomic E-state index is 0.00338. The normalized spacial score (nSPS) is 15.0. The maximum atomic E-state index is 9.09. The quantitative estimate of drug-likeness (QED) is 0.789. The molecule has 94 valence electrons. The Morgan fingerprint density at radius 2 is 2.17 bits per heavy atom. The zero-order valence-corrected chi connectivity index (χ0v) is 11.9. The van der Waals surface area contributed by atoms with Crippen molar-refractivity contribution in [3.8, 4) is 6.07 Å². The van der Waals surface area contributed by atoms with Crippen molar-refractivity contribution in [2.75, 3.05) is 0 Å². The Balaban J connectivity index is 2.30. The third-order valence-corrected chi connectivity index (χ3v) is 4.67. The van der Waals surface area contributed by atoms with E-state index in [-0.39, 0.29) is 5.41 Å². The van der Waals surface area contributed by atoms with E-state index in [0.29, 0.717) is 6.42 Å². The van der Waals surface area contributed by atoms with Crippen molar-refractivity contribution in [2.45, 2.75) is 51.9 Å². The van der Waals surface area contributed by atoms with Crippen LogP contribution in [-0.2, 0) is 24.7 Å². The highest BCUT2D eigenvalue weighted by molar-refractivity contribution is 7.17. The minimum Gasteiger partial charge on any atom is -0.290 e. The second-order valence-electron chi connectivity index (χ2n) is 5.94. The van der Waals surface area contributed by atoms with E-state index in [4.69, 9.17) is 10.2 Å². The zero-order valence-electron chi connectivity index (χ0n) is 11.1. The number of nitriles is 1. The van der Waals surface area contributed by atoms with Crippen LogP contribution in [0, 0.1) is 11.3 Å². The molecule has 0 unspecified atom stereocenters. The summed E-state index contributed by atoms with van der Waals surface area (Å²) in [7, 11) is 0. The lowest BCUT2D eigenvalue weighted by atomic mass is 9.90. The molecule has 2 aromatic rings. The molecule has 0 saturated carbocycles. The predicted molar refractivity (Wildman–Crippen MR) is 73.1 cm³/mol. The van der Waals surface area contributed by atoms with E-state index in [0.717, 1.165) is 22.8 Å². The van der Waals surface area contributed by atoms with E-state index in [1.807, 2.05) is 0 Å². The number of nitrogens with zero attached hydrogens (tertiary/aromatic N) is 3. The van der Waals surface area contributed by atoms with Crippen LogP contribution in [-0.4, -0.2) is 9.38 Å². The van der Waals surface area contributed by atoms with Gasteiger partial charge in [0.25, 0.3) is 0 Å². The Kier molecular flexibility index (Phi) is 2.49. The molecule has 0 saturated heterocycles. The summed E-state index contributed by atoms with van der Waals surface area (Å²) in [6.07, 6.45) is 4.01. The van der Waals surface area contributed by atoms with Crippen molar-refractivity contribution in [3.05, 3.63) is 22.0 Å². The summed E-state index contributed by atoms with van der Waals surface area (Å²) in [5.74, 6) is 0. The van der Waals surface area contributed by atoms with Crippen LogP contribution in [0.15, 0.2) is 0 Å². The fourth-order valence-electron chi connectivity index (χ4n) is 2.77. The fraction of sp³-hybridized carbons (Fsp3) is 0.571. The molecule has 0 amide bonds. The average Bonchev–Trinajstić information content (AvgIpc) is 2.87. The third kappa shape index (κ3) is 1.58. The summed E-state index contributed by atoms with van der Waals surface area (Å²) < 4.78 is 2.26. The van der Waals surface area contributed by atoms with Gasteiger partial charge in [-0.1, -0.05) is 20.8 Å². The summed E-state index contributed by atoms with van der Waals surface area (Å²) in [6, 6.07) is 2.30. The van der Waals surface area contributed by atoms with Gasteiger partial charge in [-0.15, -0.1) is 11.3 Å². The van der Waals surface area contributed by atoms with Gasteiger partial charge in [-0.05, 0) is 19.3 Å². The van der Waals surface area contributed by atoms with Gasteiger partial charge in [0.1, 0.15) is 0 Å². The summed E-state index contributed by atoms with van der Waals surface area (Å²) in [5.41, 5.74) is 3.61. The van der Waals surface area contributed by atoms with Crippen LogP contribution < -0.4 is 0 Å². The number of fused-ring (bicyclic) bond motifs is 3. The van der Waals surface area contributed by atoms with Crippen LogP contribution in [0.3, 0.4) is 0 Å². The van der Waals surface area contributed by atoms with Gasteiger partial charge in [0.05, 0.1) is 23.9 Å². The fourth-order valence-corrected chi connectivity index (χ4v) is 4.00. The van der Waals surface area contributed by atoms with Crippen molar-refractivity contribution < 1.29 is 0 Å². The van der Waals surface area contributed by atoms with Crippen molar-refractivity contribution in [1.82, 2.24) is 9.38 Å². The lowest BCUT2D eigenvalue weighted by Crippen LogP contribution is -2.15. The molecule has 0 aromatic carbocycles. The molecule has 1 aliphatic rings. The lowest BCUT2D eigenvalue weighted by molar-refractivity contribution is 0.566. The highest BCUT2D eigenvalue weighted by Crippen LogP contribution is 2.35. The summed E-state index contributed by atoms with van der Waals surface area (Å²) in [6.45, 7) is 6.50. The van der Waals surface area contributed by atoms with Crippen LogP contribution in [0.1, 0.15) is 49.2 Å². The van der Waals surface area contributed by atoms with Crippen molar-refractivity contribution >= 4 is 16.3 Å². The van der Waals surface area contributed by atoms with Gasteiger partial charge in [-0.3, -0.25) is 4.40 Å². The van der Waals surface area contributed by atoms with E-state index in [9.17, 15) is 0 Å². The smallest absolute Gasteiger partial charge is 0.194 e. The average molecular weight is 259 g/mol. The Labute approximate surface area is 111 Å². The molecule has 0 radical (unpaired) electrons. The first-order valence-electron chi connectivity index (χ1n) is 6.41. The van der Waals surface area contributed by atoms with Gasteiger partial charge >= 0.3 is 0 Å². The first kappa shape index (κ1) is 11.7. The van der Waals surface area contributed by atoms with Gasteiger partial charge in [-0.25, -0.2) is 4.98 Å². The SMILES string of the molecule is CC(C)(C)c1nc2sc3c(n2c1CC#N)CCC3. The molecule has 0 aliphatic heterocycles. The standard InChI is InChI=1S/C14H17N3S/c1-14(2,3)12-10(7-8-15)17-9-5-4-6-11(9)18-13(17)16-12/h4-7H2,1-3H3. The van der Waals surface area contributed by atoms with E-state index >= 15 is 0 Å². The number of imidazole rings is 1. The van der Waals surface area contributed by atoms with Gasteiger partial charge in [0, 0.05) is 16.0 Å². The monoisotopic (exact) mass is 259 g/mol. The Morgan fingerprint density at radius 1 is 1.39 bits per heavy atom. The maximum Gasteiger partial charge on any atom is 0.194 e. The van der Waals surface area contributed by atoms with E-state index in [2.05, 4.69) is 31.2 Å². The summed E-state index contributed by atoms with van der Waals surface area (Å²) in [5, 5.41) is 9.09. The van der Waals surface area contributed by atoms with Gasteiger partial charge in [0.15, 0.2) is 4.96 Å². The van der Waals surface area contributed by atoms with Crippen molar-refractivity contribution in [1.29, 1.82) is 5.26 Å². The minimum atomic E-state index is 0.00338. The van der Waals surface area contributed by atoms with Crippen molar-refractivity contribution in [3.63, 3.8) is 0 Å². The van der Waals surface area contributed by atoms with Crippen LogP contribution in [0.4, 0.5) is 0 Å². The molecular weight excluding hydrogens is 242 g/mol. The summed E-state index contributed by atoms with van der Waals surface area (Å²) in [4.78, 5) is 7.34. The predicted octanol–water partition coefficient (Wildman–Crippen LogP) is 3.25. The van der Waals surface area contributed by atoms with Crippen LogP contribution in [0.2, 0.25) is 0 Å². The number of aromatic nitrogens is 2. The Bertz CT molecular complexity index is 649. The van der Waals surface area contributed by atoms with Crippen molar-refractivity contribution in [2.24, 2.45) is 0 Å². The Hall–Kier alpha value is -1.34. The molecule has 0 atom stereocenters. The van der Waals surface area contributed by atoms with Gasteiger partial charge in [-0.2, -0.15) is 5.26 Å². The van der Waals surface area contributed by atoms with Gasteiger partial charge < -0.3 is 0 Å². The second-order valence-corrected chi connectivity index (χ2v) is 7.00. The molecule has 0 spiro atoms. The zero-order chi connectivity index (χ0) is 12.9. The molecule has 0 fully saturated rings. The Morgan fingerprint density at radius 3 is 2.83 bits per heavy atom. The highest BCUT2D eigenvalue weighted by atomic mass is 32.1. The van der Waals surface area contributed by atoms with E-state index in [1.165, 1.54) is 23.4 Å². The summed E-state index contributed by atoms with van der Waals surface area (Å²) >= 11 is 1.81. The van der Waals surface area contributed by atoms with Crippen LogP contribution >= 0.6 is 11.3 Å². The number of rotatable bonds is 1. The topological polar surface area (TPSA) is 41.1 Å². The highest BCUT2D eigenvalue weighted by Gasteiger charge is 2.28. The largest absolute Gasteiger partial charge is 0.290 e. The maximum absolute atomic E-state index is 9.09. The molecule has 4 heteroatoms. The molecule has 1 aliphatic carbocycles. The molecular formula is C14H17N3S. The molecule has 0 N–H and O–H groups in total. The second kappa shape index (κ2) is 3.83. The van der Waals surface area contributed by atoms with Crippen LogP contribution in [0.25, 0.3) is 4.96 Å². The van der Waals surface area contributed by atoms with E-state index < -0.39 is 0 Å². The molecule has 18 heavy (non-hydrogen) atoms. The molecule has 2 aromatic heterocycles. The van der Waals surface area contributed by atoms with Crippen LogP contribution in [0.5, 0.6) is 0 Å². The molecule has 3 rings (SSSR count). The third-order valence-electron chi connectivity index (χ3n) is 3.52. The molecule has 2 heterocycles.